The first-order valence-electron chi connectivity index (χ1n) is 5.87. The van der Waals surface area contributed by atoms with Crippen molar-refractivity contribution in [3.05, 3.63) is 24.3 Å². The number of carbonyl (C=O) groups is 1. The minimum atomic E-state index is -0.626. The Bertz CT molecular complexity index is 347. The van der Waals surface area contributed by atoms with Crippen molar-refractivity contribution < 1.29 is 19.0 Å². The number of hydrogen-bond donors (Lipinski definition) is 0. The molecule has 2 rings (SSSR count). The lowest BCUT2D eigenvalue weighted by Crippen LogP contribution is -2.39. The Kier molecular flexibility index (Phi) is 3.64. The van der Waals surface area contributed by atoms with Crippen molar-refractivity contribution in [3.63, 3.8) is 0 Å². The highest BCUT2D eigenvalue weighted by Crippen LogP contribution is 2.33. The molecule has 94 valence electrons. The van der Waals surface area contributed by atoms with Crippen molar-refractivity contribution in [1.82, 2.24) is 0 Å². The van der Waals surface area contributed by atoms with Crippen molar-refractivity contribution >= 4 is 5.97 Å². The summed E-state index contributed by atoms with van der Waals surface area (Å²) < 4.78 is 15.9. The molecule has 0 N–H and O–H groups in total. The summed E-state index contributed by atoms with van der Waals surface area (Å²) in [5, 5.41) is 0. The van der Waals surface area contributed by atoms with E-state index in [0.29, 0.717) is 5.92 Å². The topological polar surface area (TPSA) is 44.8 Å². The molecule has 0 bridgehead atoms. The van der Waals surface area contributed by atoms with Crippen molar-refractivity contribution in [3.8, 4) is 0 Å². The van der Waals surface area contributed by atoms with Crippen LogP contribution < -0.4 is 0 Å². The van der Waals surface area contributed by atoms with Crippen molar-refractivity contribution in [2.24, 2.45) is 11.8 Å². The van der Waals surface area contributed by atoms with E-state index < -0.39 is 6.10 Å². The van der Waals surface area contributed by atoms with Gasteiger partial charge in [0.1, 0.15) is 6.10 Å². The number of esters is 1. The van der Waals surface area contributed by atoms with E-state index in [1.165, 1.54) is 7.11 Å². The summed E-state index contributed by atoms with van der Waals surface area (Å²) in [6, 6.07) is 0. The molecule has 0 amide bonds. The Morgan fingerprint density at radius 1 is 1.18 bits per heavy atom. The van der Waals surface area contributed by atoms with E-state index in [-0.39, 0.29) is 24.3 Å². The summed E-state index contributed by atoms with van der Waals surface area (Å²) in [4.78, 5) is 11.7. The van der Waals surface area contributed by atoms with E-state index in [0.717, 1.165) is 0 Å². The van der Waals surface area contributed by atoms with Gasteiger partial charge in [-0.25, -0.2) is 4.79 Å². The maximum atomic E-state index is 11.7. The molecule has 1 aliphatic heterocycles. The lowest BCUT2D eigenvalue weighted by atomic mass is 9.83. The molecule has 17 heavy (non-hydrogen) atoms. The molecule has 3 unspecified atom stereocenters. The molecule has 4 heteroatoms. The number of allylic oxidation sites excluding steroid dienone is 3. The number of ether oxygens (including phenoxy) is 3. The second kappa shape index (κ2) is 5.02. The summed E-state index contributed by atoms with van der Waals surface area (Å²) in [5.41, 5.74) is 0. The van der Waals surface area contributed by atoms with Crippen LogP contribution in [0.3, 0.4) is 0 Å². The monoisotopic (exact) mass is 238 g/mol. The predicted octanol–water partition coefficient (Wildman–Crippen LogP) is 1.67. The molecule has 1 fully saturated rings. The van der Waals surface area contributed by atoms with Crippen LogP contribution >= 0.6 is 0 Å². The molecule has 0 saturated carbocycles. The Morgan fingerprint density at radius 3 is 2.53 bits per heavy atom. The molecule has 2 aliphatic rings. The van der Waals surface area contributed by atoms with Crippen molar-refractivity contribution in [2.75, 3.05) is 7.11 Å². The van der Waals surface area contributed by atoms with Crippen LogP contribution in [0.15, 0.2) is 24.3 Å². The highest BCUT2D eigenvalue weighted by atomic mass is 16.7. The SMILES string of the molecule is COC(=O)[C@H]1OC(C)O[C@@H]1C1C=CC=CC1C. The lowest BCUT2D eigenvalue weighted by Gasteiger charge is -2.27. The van der Waals surface area contributed by atoms with Gasteiger partial charge in [0.25, 0.3) is 0 Å². The molecule has 4 nitrogen and oxygen atoms in total. The Balaban J connectivity index is 2.15. The largest absolute Gasteiger partial charge is 0.467 e. The van der Waals surface area contributed by atoms with Gasteiger partial charge >= 0.3 is 5.97 Å². The van der Waals surface area contributed by atoms with Gasteiger partial charge in [-0.15, -0.1) is 0 Å². The van der Waals surface area contributed by atoms with Crippen LogP contribution in [0, 0.1) is 11.8 Å². The van der Waals surface area contributed by atoms with E-state index in [1.807, 2.05) is 12.2 Å². The summed E-state index contributed by atoms with van der Waals surface area (Å²) in [5.74, 6) is 0.106. The van der Waals surface area contributed by atoms with Crippen molar-refractivity contribution in [2.45, 2.75) is 32.3 Å². The smallest absolute Gasteiger partial charge is 0.337 e. The number of carbonyl (C=O) groups excluding carboxylic acids is 1. The first-order valence-corrected chi connectivity index (χ1v) is 5.87. The van der Waals surface area contributed by atoms with Crippen LogP contribution in [0.5, 0.6) is 0 Å². The Hall–Kier alpha value is -1.13. The van der Waals surface area contributed by atoms with Gasteiger partial charge in [-0.05, 0) is 12.8 Å². The highest BCUT2D eigenvalue weighted by molar-refractivity contribution is 5.75. The average molecular weight is 238 g/mol. The second-order valence-electron chi connectivity index (χ2n) is 4.45. The maximum absolute atomic E-state index is 11.7. The molecule has 5 atom stereocenters. The van der Waals surface area contributed by atoms with Gasteiger partial charge in [-0.2, -0.15) is 0 Å². The maximum Gasteiger partial charge on any atom is 0.337 e. The molecule has 0 aromatic heterocycles. The fourth-order valence-corrected chi connectivity index (χ4v) is 2.35. The van der Waals surface area contributed by atoms with E-state index in [1.54, 1.807) is 6.92 Å². The van der Waals surface area contributed by atoms with E-state index >= 15 is 0 Å². The van der Waals surface area contributed by atoms with E-state index in [2.05, 4.69) is 19.1 Å². The van der Waals surface area contributed by atoms with Crippen LogP contribution in [0.4, 0.5) is 0 Å². The molecule has 1 heterocycles. The van der Waals surface area contributed by atoms with Crippen LogP contribution in [-0.4, -0.2) is 31.6 Å². The van der Waals surface area contributed by atoms with Crippen LogP contribution in [0.25, 0.3) is 0 Å². The lowest BCUT2D eigenvalue weighted by molar-refractivity contribution is -0.154. The van der Waals surface area contributed by atoms with Gasteiger partial charge < -0.3 is 14.2 Å². The normalized spacial score (nSPS) is 40.5. The zero-order chi connectivity index (χ0) is 12.4. The zero-order valence-electron chi connectivity index (χ0n) is 10.3. The summed E-state index contributed by atoms with van der Waals surface area (Å²) in [6.45, 7) is 3.90. The summed E-state index contributed by atoms with van der Waals surface area (Å²) >= 11 is 0. The van der Waals surface area contributed by atoms with Crippen LogP contribution in [0.2, 0.25) is 0 Å². The standard InChI is InChI=1S/C13H18O4/c1-8-6-4-5-7-10(8)11-12(13(14)15-3)17-9(2)16-11/h4-12H,1-3H3/t8?,9?,10?,11-,12+/m1/s1. The average Bonchev–Trinajstić information content (AvgIpc) is 2.71. The predicted molar refractivity (Wildman–Crippen MR) is 62.2 cm³/mol. The third kappa shape index (κ3) is 2.42. The molecule has 1 saturated heterocycles. The molecule has 1 aliphatic carbocycles. The molecule has 0 spiro atoms. The third-order valence-corrected chi connectivity index (χ3v) is 3.26. The van der Waals surface area contributed by atoms with Gasteiger partial charge in [-0.3, -0.25) is 0 Å². The number of hydrogen-bond acceptors (Lipinski definition) is 4. The highest BCUT2D eigenvalue weighted by Gasteiger charge is 2.44. The van der Waals surface area contributed by atoms with Gasteiger partial charge in [0.05, 0.1) is 7.11 Å². The van der Waals surface area contributed by atoms with Gasteiger partial charge in [-0.1, -0.05) is 31.2 Å². The van der Waals surface area contributed by atoms with Gasteiger partial charge in [0.2, 0.25) is 0 Å². The fourth-order valence-electron chi connectivity index (χ4n) is 2.35. The van der Waals surface area contributed by atoms with E-state index in [4.69, 9.17) is 14.2 Å². The molecular weight excluding hydrogens is 220 g/mol. The Labute approximate surface area is 101 Å². The first kappa shape index (κ1) is 12.3. The Morgan fingerprint density at radius 2 is 1.88 bits per heavy atom. The second-order valence-corrected chi connectivity index (χ2v) is 4.45. The molecular formula is C13H18O4. The van der Waals surface area contributed by atoms with Crippen molar-refractivity contribution in [1.29, 1.82) is 0 Å². The zero-order valence-corrected chi connectivity index (χ0v) is 10.3. The first-order chi connectivity index (χ1) is 8.13. The summed E-state index contributed by atoms with van der Waals surface area (Å²) in [7, 11) is 1.37. The summed E-state index contributed by atoms with van der Waals surface area (Å²) in [6.07, 6.45) is 6.89. The quantitative estimate of drug-likeness (QED) is 0.686. The molecule has 0 aromatic rings. The van der Waals surface area contributed by atoms with E-state index in [9.17, 15) is 4.79 Å². The molecule has 0 radical (unpaired) electrons. The number of methoxy groups -OCH3 is 1. The fraction of sp³-hybridized carbons (Fsp3) is 0.615. The minimum absolute atomic E-state index is 0.147. The number of rotatable bonds is 2. The third-order valence-electron chi connectivity index (χ3n) is 3.26. The molecule has 0 aromatic carbocycles. The minimum Gasteiger partial charge on any atom is -0.467 e. The van der Waals surface area contributed by atoms with Gasteiger partial charge in [0.15, 0.2) is 12.4 Å². The van der Waals surface area contributed by atoms with Crippen LogP contribution in [0.1, 0.15) is 13.8 Å². The van der Waals surface area contributed by atoms with Gasteiger partial charge in [0, 0.05) is 5.92 Å². The van der Waals surface area contributed by atoms with Crippen LogP contribution in [-0.2, 0) is 19.0 Å².